The van der Waals surface area contributed by atoms with E-state index < -0.39 is 0 Å². The van der Waals surface area contributed by atoms with E-state index in [-0.39, 0.29) is 5.44 Å². The molecule has 0 aliphatic rings. The van der Waals surface area contributed by atoms with E-state index in [2.05, 4.69) is 0 Å². The van der Waals surface area contributed by atoms with Gasteiger partial charge in [-0.25, -0.2) is 0 Å². The molecule has 0 heterocycles. The molecule has 0 spiro atoms. The van der Waals surface area contributed by atoms with E-state index in [9.17, 15) is 0 Å². The molecule has 0 rings (SSSR count). The molecule has 1 atom stereocenters. The smallest absolute Gasteiger partial charge is 0.122 e. The molecule has 0 aromatic rings. The van der Waals surface area contributed by atoms with Crippen LogP contribution in [-0.4, -0.2) is 24.1 Å². The quantitative estimate of drug-likeness (QED) is 0.607. The minimum absolute atomic E-state index is 0.00926. The Kier molecular flexibility index (Phi) is 6.27. The van der Waals surface area contributed by atoms with Crippen LogP contribution in [0.2, 0.25) is 0 Å². The fourth-order valence-electron chi connectivity index (χ4n) is 0.370. The molecular weight excluding hydrogens is 140 g/mol. The predicted molar refractivity (Wildman–Crippen MR) is 41.4 cm³/mol. The summed E-state index contributed by atoms with van der Waals surface area (Å²) < 4.78 is 5.08. The molecule has 1 unspecified atom stereocenters. The SMILES string of the molecule is CCOC([S])CSC. The molecule has 0 N–H and O–H groups in total. The summed E-state index contributed by atoms with van der Waals surface area (Å²) in [6.45, 7) is 2.69. The van der Waals surface area contributed by atoms with Crippen LogP contribution in [-0.2, 0) is 4.74 Å². The molecule has 3 heteroatoms. The molecule has 0 aromatic carbocycles. The van der Waals surface area contributed by atoms with Crippen LogP contribution < -0.4 is 0 Å². The first-order valence-electron chi connectivity index (χ1n) is 2.57. The Bertz CT molecular complexity index is 43.7. The monoisotopic (exact) mass is 151 g/mol. The van der Waals surface area contributed by atoms with Crippen molar-refractivity contribution in [1.82, 2.24) is 0 Å². The Morgan fingerprint density at radius 2 is 2.38 bits per heavy atom. The first-order chi connectivity index (χ1) is 3.81. The van der Waals surface area contributed by atoms with Crippen molar-refractivity contribution in [2.45, 2.75) is 12.4 Å². The second-order valence-electron chi connectivity index (χ2n) is 1.34. The molecule has 0 saturated carbocycles. The Labute approximate surface area is 60.6 Å². The van der Waals surface area contributed by atoms with E-state index in [4.69, 9.17) is 17.4 Å². The summed E-state index contributed by atoms with van der Waals surface area (Å²) in [5.74, 6) is 0.920. The third kappa shape index (κ3) is 4.81. The van der Waals surface area contributed by atoms with E-state index in [1.165, 1.54) is 0 Å². The van der Waals surface area contributed by atoms with Crippen LogP contribution in [0, 0.1) is 0 Å². The third-order valence-electron chi connectivity index (χ3n) is 0.655. The van der Waals surface area contributed by atoms with Gasteiger partial charge in [0.15, 0.2) is 0 Å². The van der Waals surface area contributed by atoms with E-state index in [0.29, 0.717) is 0 Å². The number of hydrogen-bond acceptors (Lipinski definition) is 2. The highest BCUT2D eigenvalue weighted by molar-refractivity contribution is 7.99. The highest BCUT2D eigenvalue weighted by atomic mass is 32.2. The van der Waals surface area contributed by atoms with Crippen molar-refractivity contribution >= 4 is 24.4 Å². The Balaban J connectivity index is 2.92. The molecular formula is C5H11OS2. The van der Waals surface area contributed by atoms with Crippen LogP contribution in [0.25, 0.3) is 0 Å². The highest BCUT2D eigenvalue weighted by Crippen LogP contribution is 2.04. The molecule has 0 amide bonds. The lowest BCUT2D eigenvalue weighted by Gasteiger charge is -2.05. The van der Waals surface area contributed by atoms with E-state index in [0.717, 1.165) is 12.4 Å². The number of thioether (sulfide) groups is 1. The first kappa shape index (κ1) is 8.66. The molecule has 0 saturated heterocycles. The molecule has 0 bridgehead atoms. The summed E-state index contributed by atoms with van der Waals surface area (Å²) in [6, 6.07) is 0. The zero-order chi connectivity index (χ0) is 6.41. The van der Waals surface area contributed by atoms with Crippen LogP contribution >= 0.6 is 24.4 Å². The maximum atomic E-state index is 5.08. The maximum Gasteiger partial charge on any atom is 0.122 e. The third-order valence-corrected chi connectivity index (χ3v) is 1.81. The number of rotatable bonds is 4. The summed E-state index contributed by atoms with van der Waals surface area (Å²) in [5.41, 5.74) is 0.00926. The van der Waals surface area contributed by atoms with Gasteiger partial charge in [-0.3, -0.25) is 0 Å². The summed E-state index contributed by atoms with van der Waals surface area (Å²) in [4.78, 5) is 0. The zero-order valence-corrected chi connectivity index (χ0v) is 6.85. The molecule has 0 aliphatic carbocycles. The molecule has 0 aromatic heterocycles. The van der Waals surface area contributed by atoms with E-state index in [1.807, 2.05) is 13.2 Å². The Morgan fingerprint density at radius 1 is 1.75 bits per heavy atom. The molecule has 8 heavy (non-hydrogen) atoms. The second kappa shape index (κ2) is 5.79. The van der Waals surface area contributed by atoms with Crippen LogP contribution in [0.3, 0.4) is 0 Å². The molecule has 0 aliphatic heterocycles. The Morgan fingerprint density at radius 3 is 2.75 bits per heavy atom. The van der Waals surface area contributed by atoms with Gasteiger partial charge in [-0.05, 0) is 13.2 Å². The minimum Gasteiger partial charge on any atom is -0.366 e. The summed E-state index contributed by atoms with van der Waals surface area (Å²) in [7, 11) is 0. The fraction of sp³-hybridized carbons (Fsp3) is 1.00. The van der Waals surface area contributed by atoms with Crippen molar-refractivity contribution in [2.24, 2.45) is 0 Å². The predicted octanol–water partition coefficient (Wildman–Crippen LogP) is 1.91. The van der Waals surface area contributed by atoms with Crippen LogP contribution in [0.1, 0.15) is 6.92 Å². The zero-order valence-electron chi connectivity index (χ0n) is 5.22. The van der Waals surface area contributed by atoms with E-state index >= 15 is 0 Å². The van der Waals surface area contributed by atoms with Crippen molar-refractivity contribution in [3.8, 4) is 0 Å². The lowest BCUT2D eigenvalue weighted by atomic mass is 10.8. The first-order valence-corrected chi connectivity index (χ1v) is 4.44. The van der Waals surface area contributed by atoms with Gasteiger partial charge in [0.2, 0.25) is 0 Å². The van der Waals surface area contributed by atoms with Crippen LogP contribution in [0.15, 0.2) is 0 Å². The van der Waals surface area contributed by atoms with Crippen molar-refractivity contribution in [1.29, 1.82) is 0 Å². The lowest BCUT2D eigenvalue weighted by molar-refractivity contribution is 0.141. The second-order valence-corrected chi connectivity index (χ2v) is 2.78. The average molecular weight is 151 g/mol. The van der Waals surface area contributed by atoms with Gasteiger partial charge in [0, 0.05) is 12.4 Å². The molecule has 1 nitrogen and oxygen atoms in total. The summed E-state index contributed by atoms with van der Waals surface area (Å²) >= 11 is 6.61. The van der Waals surface area contributed by atoms with Crippen molar-refractivity contribution in [2.75, 3.05) is 18.6 Å². The van der Waals surface area contributed by atoms with Gasteiger partial charge in [0.05, 0.1) is 0 Å². The van der Waals surface area contributed by atoms with Gasteiger partial charge in [-0.2, -0.15) is 11.8 Å². The highest BCUT2D eigenvalue weighted by Gasteiger charge is 1.98. The lowest BCUT2D eigenvalue weighted by Crippen LogP contribution is -2.06. The summed E-state index contributed by atoms with van der Waals surface area (Å²) in [6.07, 6.45) is 2.03. The van der Waals surface area contributed by atoms with Crippen molar-refractivity contribution < 1.29 is 4.74 Å². The topological polar surface area (TPSA) is 9.23 Å². The standard InChI is InChI=1S/C5H11OS2/c1-3-6-5(7)4-8-2/h5H,3-4H2,1-2H3. The largest absolute Gasteiger partial charge is 0.366 e. The minimum atomic E-state index is 0.00926. The van der Waals surface area contributed by atoms with Gasteiger partial charge in [-0.1, -0.05) is 12.6 Å². The van der Waals surface area contributed by atoms with Crippen LogP contribution in [0.5, 0.6) is 0 Å². The molecule has 1 radical (unpaired) electrons. The van der Waals surface area contributed by atoms with E-state index in [1.54, 1.807) is 11.8 Å². The number of hydrogen-bond donors (Lipinski definition) is 0. The van der Waals surface area contributed by atoms with Gasteiger partial charge >= 0.3 is 0 Å². The number of ether oxygens (including phenoxy) is 1. The van der Waals surface area contributed by atoms with Gasteiger partial charge < -0.3 is 4.74 Å². The maximum absolute atomic E-state index is 5.08. The Hall–Kier alpha value is 0.660. The van der Waals surface area contributed by atoms with Crippen molar-refractivity contribution in [3.05, 3.63) is 0 Å². The normalized spacial score (nSPS) is 13.9. The fourth-order valence-corrected chi connectivity index (χ4v) is 1.28. The summed E-state index contributed by atoms with van der Waals surface area (Å²) in [5, 5.41) is 0. The van der Waals surface area contributed by atoms with Gasteiger partial charge in [0.25, 0.3) is 0 Å². The average Bonchev–Trinajstić information content (AvgIpc) is 1.68. The van der Waals surface area contributed by atoms with Crippen molar-refractivity contribution in [3.63, 3.8) is 0 Å². The van der Waals surface area contributed by atoms with Gasteiger partial charge in [-0.15, -0.1) is 0 Å². The van der Waals surface area contributed by atoms with Gasteiger partial charge in [0.1, 0.15) is 5.44 Å². The van der Waals surface area contributed by atoms with Crippen LogP contribution in [0.4, 0.5) is 0 Å². The molecule has 0 fully saturated rings. The molecule has 49 valence electrons.